The predicted octanol–water partition coefficient (Wildman–Crippen LogP) is -0.143. The molecule has 15 heavy (non-hydrogen) atoms. The number of hydrogen-bond acceptors (Lipinski definition) is 4. The van der Waals surface area contributed by atoms with Crippen molar-refractivity contribution in [3.63, 3.8) is 0 Å². The van der Waals surface area contributed by atoms with Crippen molar-refractivity contribution in [2.75, 3.05) is 31.1 Å². The van der Waals surface area contributed by atoms with Gasteiger partial charge in [-0.05, 0) is 26.3 Å². The Morgan fingerprint density at radius 3 is 2.80 bits per heavy atom. The molecule has 0 bridgehead atoms. The summed E-state index contributed by atoms with van der Waals surface area (Å²) in [6, 6.07) is 0.734. The fourth-order valence-electron chi connectivity index (χ4n) is 2.67. The largest absolute Gasteiger partial charge is 0.315 e. The predicted molar refractivity (Wildman–Crippen MR) is 60.7 cm³/mol. The first-order valence-corrected chi connectivity index (χ1v) is 7.57. The van der Waals surface area contributed by atoms with Gasteiger partial charge in [-0.3, -0.25) is 4.90 Å². The number of piperidine rings is 1. The van der Waals surface area contributed by atoms with Crippen molar-refractivity contribution in [1.82, 2.24) is 10.2 Å². The van der Waals surface area contributed by atoms with Gasteiger partial charge in [0.15, 0.2) is 9.84 Å². The van der Waals surface area contributed by atoms with Gasteiger partial charge in [-0.25, -0.2) is 8.42 Å². The normalized spacial score (nSPS) is 37.7. The molecule has 0 aliphatic carbocycles. The molecule has 2 aliphatic heterocycles. The van der Waals surface area contributed by atoms with Crippen LogP contribution in [0.15, 0.2) is 0 Å². The van der Waals surface area contributed by atoms with Crippen molar-refractivity contribution in [3.8, 4) is 0 Å². The van der Waals surface area contributed by atoms with Crippen LogP contribution in [-0.2, 0) is 9.84 Å². The molecule has 0 saturated carbocycles. The summed E-state index contributed by atoms with van der Waals surface area (Å²) in [5.41, 5.74) is 0. The summed E-state index contributed by atoms with van der Waals surface area (Å²) in [5, 5.41) is 3.38. The van der Waals surface area contributed by atoms with E-state index >= 15 is 0 Å². The second kappa shape index (κ2) is 4.39. The van der Waals surface area contributed by atoms with E-state index in [1.807, 2.05) is 6.92 Å². The lowest BCUT2D eigenvalue weighted by atomic mass is 10.0. The maximum absolute atomic E-state index is 11.4. The van der Waals surface area contributed by atoms with Gasteiger partial charge in [0.05, 0.1) is 11.5 Å². The van der Waals surface area contributed by atoms with Gasteiger partial charge in [-0.2, -0.15) is 0 Å². The molecule has 2 unspecified atom stereocenters. The summed E-state index contributed by atoms with van der Waals surface area (Å²) in [5.74, 6) is 0.678. The maximum Gasteiger partial charge on any atom is 0.153 e. The molecule has 2 fully saturated rings. The first-order chi connectivity index (χ1) is 7.08. The third kappa shape index (κ3) is 2.71. The van der Waals surface area contributed by atoms with Crippen LogP contribution in [0.5, 0.6) is 0 Å². The average molecular weight is 232 g/mol. The maximum atomic E-state index is 11.4. The van der Waals surface area contributed by atoms with Gasteiger partial charge in [-0.15, -0.1) is 0 Å². The number of rotatable bonds is 1. The van der Waals surface area contributed by atoms with Crippen LogP contribution in [-0.4, -0.2) is 56.5 Å². The second-order valence-corrected chi connectivity index (χ2v) is 6.93. The quantitative estimate of drug-likeness (QED) is 0.683. The van der Waals surface area contributed by atoms with Gasteiger partial charge in [0.25, 0.3) is 0 Å². The summed E-state index contributed by atoms with van der Waals surface area (Å²) in [6.45, 7) is 4.88. The molecule has 0 amide bonds. The molecule has 2 heterocycles. The number of nitrogens with zero attached hydrogens (tertiary/aromatic N) is 1. The minimum absolute atomic E-state index is 0.189. The Morgan fingerprint density at radius 2 is 2.20 bits per heavy atom. The van der Waals surface area contributed by atoms with Crippen LogP contribution in [0.3, 0.4) is 0 Å². The molecular weight excluding hydrogens is 212 g/mol. The summed E-state index contributed by atoms with van der Waals surface area (Å²) in [7, 11) is -2.77. The number of hydrogen-bond donors (Lipinski definition) is 1. The summed E-state index contributed by atoms with van der Waals surface area (Å²) in [4.78, 5) is 2.37. The Kier molecular flexibility index (Phi) is 3.33. The van der Waals surface area contributed by atoms with E-state index in [9.17, 15) is 8.42 Å². The van der Waals surface area contributed by atoms with Crippen molar-refractivity contribution in [2.45, 2.75) is 31.8 Å². The summed E-state index contributed by atoms with van der Waals surface area (Å²) < 4.78 is 22.9. The highest BCUT2D eigenvalue weighted by atomic mass is 32.2. The third-order valence-electron chi connectivity index (χ3n) is 3.46. The Labute approximate surface area is 91.9 Å². The van der Waals surface area contributed by atoms with E-state index in [-0.39, 0.29) is 6.04 Å². The van der Waals surface area contributed by atoms with Gasteiger partial charge < -0.3 is 5.32 Å². The van der Waals surface area contributed by atoms with Gasteiger partial charge in [0.1, 0.15) is 0 Å². The highest BCUT2D eigenvalue weighted by Gasteiger charge is 2.32. The lowest BCUT2D eigenvalue weighted by Gasteiger charge is -2.41. The molecule has 2 rings (SSSR count). The van der Waals surface area contributed by atoms with Crippen LogP contribution in [0.25, 0.3) is 0 Å². The fraction of sp³-hybridized carbons (Fsp3) is 1.00. The van der Waals surface area contributed by atoms with Crippen LogP contribution in [0.2, 0.25) is 0 Å². The van der Waals surface area contributed by atoms with Gasteiger partial charge in [0, 0.05) is 25.2 Å². The first-order valence-electron chi connectivity index (χ1n) is 5.75. The Bertz CT molecular complexity index is 309. The minimum Gasteiger partial charge on any atom is -0.315 e. The monoisotopic (exact) mass is 232 g/mol. The lowest BCUT2D eigenvalue weighted by Crippen LogP contribution is -2.55. The zero-order chi connectivity index (χ0) is 10.9. The fourth-order valence-corrected chi connectivity index (χ4v) is 4.25. The summed E-state index contributed by atoms with van der Waals surface area (Å²) >= 11 is 0. The second-order valence-electron chi connectivity index (χ2n) is 4.70. The van der Waals surface area contributed by atoms with Crippen LogP contribution < -0.4 is 5.32 Å². The van der Waals surface area contributed by atoms with Crippen molar-refractivity contribution in [3.05, 3.63) is 0 Å². The van der Waals surface area contributed by atoms with E-state index in [2.05, 4.69) is 10.2 Å². The van der Waals surface area contributed by atoms with E-state index < -0.39 is 9.84 Å². The van der Waals surface area contributed by atoms with Gasteiger partial charge in [0.2, 0.25) is 0 Å². The van der Waals surface area contributed by atoms with Gasteiger partial charge in [-0.1, -0.05) is 0 Å². The highest BCUT2D eigenvalue weighted by molar-refractivity contribution is 7.91. The number of nitrogens with one attached hydrogen (secondary N) is 1. The molecule has 0 aromatic heterocycles. The van der Waals surface area contributed by atoms with Crippen LogP contribution in [0.1, 0.15) is 19.8 Å². The molecular formula is C10H20N2O2S. The average Bonchev–Trinajstić information content (AvgIpc) is 2.17. The first kappa shape index (κ1) is 11.4. The molecule has 2 saturated heterocycles. The molecule has 4 nitrogen and oxygen atoms in total. The van der Waals surface area contributed by atoms with E-state index in [1.165, 1.54) is 12.8 Å². The molecule has 1 N–H and O–H groups in total. The van der Waals surface area contributed by atoms with Crippen LogP contribution >= 0.6 is 0 Å². The Balaban J connectivity index is 1.98. The topological polar surface area (TPSA) is 49.4 Å². The van der Waals surface area contributed by atoms with Crippen molar-refractivity contribution in [2.24, 2.45) is 0 Å². The van der Waals surface area contributed by atoms with Crippen molar-refractivity contribution < 1.29 is 8.42 Å². The molecule has 88 valence electrons. The zero-order valence-corrected chi connectivity index (χ0v) is 10.1. The molecule has 2 atom stereocenters. The minimum atomic E-state index is -2.77. The van der Waals surface area contributed by atoms with E-state index in [4.69, 9.17) is 0 Å². The van der Waals surface area contributed by atoms with E-state index in [0.29, 0.717) is 17.5 Å². The van der Waals surface area contributed by atoms with Crippen molar-refractivity contribution in [1.29, 1.82) is 0 Å². The lowest BCUT2D eigenvalue weighted by molar-refractivity contribution is 0.133. The molecule has 5 heteroatoms. The highest BCUT2D eigenvalue weighted by Crippen LogP contribution is 2.18. The smallest absolute Gasteiger partial charge is 0.153 e. The molecule has 0 spiro atoms. The standard InChI is InChI=1S/C10H20N2O2S/c1-9-8-15(13,14)6-5-12(9)10-3-2-4-11-7-10/h9-11H,2-8H2,1H3. The SMILES string of the molecule is CC1CS(=O)(=O)CCN1C1CCCNC1. The Hall–Kier alpha value is -0.130. The Morgan fingerprint density at radius 1 is 1.40 bits per heavy atom. The van der Waals surface area contributed by atoms with Crippen LogP contribution in [0.4, 0.5) is 0 Å². The van der Waals surface area contributed by atoms with Crippen molar-refractivity contribution >= 4 is 9.84 Å². The summed E-state index contributed by atoms with van der Waals surface area (Å²) in [6.07, 6.45) is 2.41. The zero-order valence-electron chi connectivity index (χ0n) is 9.28. The molecule has 0 radical (unpaired) electrons. The molecule has 0 aromatic carbocycles. The molecule has 0 aromatic rings. The van der Waals surface area contributed by atoms with Gasteiger partial charge >= 0.3 is 0 Å². The van der Waals surface area contributed by atoms with E-state index in [0.717, 1.165) is 19.6 Å². The van der Waals surface area contributed by atoms with Crippen LogP contribution in [0, 0.1) is 0 Å². The van der Waals surface area contributed by atoms with E-state index in [1.54, 1.807) is 0 Å². The number of sulfone groups is 1. The third-order valence-corrected chi connectivity index (χ3v) is 5.26. The molecule has 2 aliphatic rings.